The van der Waals surface area contributed by atoms with Crippen LogP contribution in [-0.2, 0) is 6.54 Å². The minimum Gasteiger partial charge on any atom is -0.316 e. The van der Waals surface area contributed by atoms with Gasteiger partial charge in [0.15, 0.2) is 0 Å². The zero-order chi connectivity index (χ0) is 11.1. The van der Waals surface area contributed by atoms with Crippen LogP contribution < -0.4 is 10.6 Å². The standard InChI is InChI=1S/C11H16Cl2N2/c1-2-14-5-6-15-8-9-7-10(12)3-4-11(9)13/h3-4,7,14-15H,2,5-6,8H2,1H3. The predicted octanol–water partition coefficient (Wildman–Crippen LogP) is 2.69. The molecule has 4 heteroatoms. The second-order valence-electron chi connectivity index (χ2n) is 3.27. The van der Waals surface area contributed by atoms with Crippen LogP contribution in [0.25, 0.3) is 0 Å². The zero-order valence-electron chi connectivity index (χ0n) is 8.82. The number of likely N-dealkylation sites (N-methyl/N-ethyl adjacent to an activating group) is 1. The average molecular weight is 247 g/mol. The first-order valence-corrected chi connectivity index (χ1v) is 5.85. The lowest BCUT2D eigenvalue weighted by Gasteiger charge is -2.07. The molecule has 1 rings (SSSR count). The summed E-state index contributed by atoms with van der Waals surface area (Å²) in [6, 6.07) is 5.52. The van der Waals surface area contributed by atoms with Gasteiger partial charge in [-0.15, -0.1) is 0 Å². The van der Waals surface area contributed by atoms with E-state index in [4.69, 9.17) is 23.2 Å². The molecule has 0 amide bonds. The van der Waals surface area contributed by atoms with Gasteiger partial charge in [-0.1, -0.05) is 30.1 Å². The van der Waals surface area contributed by atoms with Crippen molar-refractivity contribution in [3.63, 3.8) is 0 Å². The van der Waals surface area contributed by atoms with Crippen molar-refractivity contribution in [1.82, 2.24) is 10.6 Å². The Morgan fingerprint density at radius 3 is 2.60 bits per heavy atom. The summed E-state index contributed by atoms with van der Waals surface area (Å²) in [6.45, 7) is 5.74. The number of hydrogen-bond donors (Lipinski definition) is 2. The second kappa shape index (κ2) is 7.07. The summed E-state index contributed by atoms with van der Waals surface area (Å²) in [5.74, 6) is 0. The van der Waals surface area contributed by atoms with E-state index in [1.807, 2.05) is 12.1 Å². The Morgan fingerprint density at radius 2 is 1.87 bits per heavy atom. The molecule has 0 aliphatic carbocycles. The van der Waals surface area contributed by atoms with Gasteiger partial charge in [0.1, 0.15) is 0 Å². The fourth-order valence-corrected chi connectivity index (χ4v) is 1.63. The molecule has 1 aromatic carbocycles. The van der Waals surface area contributed by atoms with Crippen LogP contribution >= 0.6 is 23.2 Å². The number of halogens is 2. The fraction of sp³-hybridized carbons (Fsp3) is 0.455. The molecule has 0 aliphatic heterocycles. The van der Waals surface area contributed by atoms with Crippen LogP contribution in [0, 0.1) is 0 Å². The van der Waals surface area contributed by atoms with E-state index < -0.39 is 0 Å². The van der Waals surface area contributed by atoms with Gasteiger partial charge in [0, 0.05) is 29.7 Å². The van der Waals surface area contributed by atoms with Crippen LogP contribution in [0.5, 0.6) is 0 Å². The second-order valence-corrected chi connectivity index (χ2v) is 4.11. The Hall–Kier alpha value is -0.280. The summed E-state index contributed by atoms with van der Waals surface area (Å²) in [7, 11) is 0. The van der Waals surface area contributed by atoms with E-state index in [-0.39, 0.29) is 0 Å². The van der Waals surface area contributed by atoms with Crippen LogP contribution in [0.1, 0.15) is 12.5 Å². The third-order valence-electron chi connectivity index (χ3n) is 2.05. The molecular formula is C11H16Cl2N2. The summed E-state index contributed by atoms with van der Waals surface area (Å²) in [5, 5.41) is 8.02. The Labute approximate surface area is 101 Å². The van der Waals surface area contributed by atoms with Crippen molar-refractivity contribution in [1.29, 1.82) is 0 Å². The minimum absolute atomic E-state index is 0.725. The topological polar surface area (TPSA) is 24.1 Å². The van der Waals surface area contributed by atoms with Crippen LogP contribution in [-0.4, -0.2) is 19.6 Å². The quantitative estimate of drug-likeness (QED) is 0.755. The molecule has 0 radical (unpaired) electrons. The van der Waals surface area contributed by atoms with E-state index in [2.05, 4.69) is 17.6 Å². The maximum absolute atomic E-state index is 6.02. The van der Waals surface area contributed by atoms with Gasteiger partial charge in [-0.2, -0.15) is 0 Å². The van der Waals surface area contributed by atoms with Crippen molar-refractivity contribution in [2.24, 2.45) is 0 Å². The first-order valence-electron chi connectivity index (χ1n) is 5.09. The van der Waals surface area contributed by atoms with E-state index in [9.17, 15) is 0 Å². The van der Waals surface area contributed by atoms with Crippen molar-refractivity contribution >= 4 is 23.2 Å². The van der Waals surface area contributed by atoms with Gasteiger partial charge >= 0.3 is 0 Å². The highest BCUT2D eigenvalue weighted by Crippen LogP contribution is 2.20. The van der Waals surface area contributed by atoms with Crippen molar-refractivity contribution in [3.8, 4) is 0 Å². The summed E-state index contributed by atoms with van der Waals surface area (Å²) in [6.07, 6.45) is 0. The molecule has 0 aromatic heterocycles. The van der Waals surface area contributed by atoms with Crippen LogP contribution in [0.15, 0.2) is 18.2 Å². The molecule has 0 unspecified atom stereocenters. The van der Waals surface area contributed by atoms with Crippen LogP contribution in [0.4, 0.5) is 0 Å². The molecule has 0 saturated heterocycles. The summed E-state index contributed by atoms with van der Waals surface area (Å²) in [4.78, 5) is 0. The molecule has 0 aliphatic rings. The van der Waals surface area contributed by atoms with Crippen molar-refractivity contribution in [3.05, 3.63) is 33.8 Å². The van der Waals surface area contributed by atoms with Gasteiger partial charge in [0.05, 0.1) is 0 Å². The van der Waals surface area contributed by atoms with E-state index in [0.717, 1.165) is 41.8 Å². The van der Waals surface area contributed by atoms with Crippen molar-refractivity contribution in [2.45, 2.75) is 13.5 Å². The third kappa shape index (κ3) is 4.85. The van der Waals surface area contributed by atoms with Gasteiger partial charge in [-0.3, -0.25) is 0 Å². The normalized spacial score (nSPS) is 10.6. The minimum atomic E-state index is 0.725. The lowest BCUT2D eigenvalue weighted by Crippen LogP contribution is -2.26. The number of nitrogens with one attached hydrogen (secondary N) is 2. The van der Waals surface area contributed by atoms with Gasteiger partial charge in [0.2, 0.25) is 0 Å². The van der Waals surface area contributed by atoms with E-state index in [1.165, 1.54) is 0 Å². The first kappa shape index (κ1) is 12.8. The molecular weight excluding hydrogens is 231 g/mol. The Kier molecular flexibility index (Phi) is 6.03. The summed E-state index contributed by atoms with van der Waals surface area (Å²) >= 11 is 11.9. The molecule has 84 valence electrons. The molecule has 1 aromatic rings. The molecule has 2 N–H and O–H groups in total. The molecule has 0 heterocycles. The molecule has 2 nitrogen and oxygen atoms in total. The van der Waals surface area contributed by atoms with Gasteiger partial charge in [0.25, 0.3) is 0 Å². The Bertz CT molecular complexity index is 303. The zero-order valence-corrected chi connectivity index (χ0v) is 10.3. The highest BCUT2D eigenvalue weighted by atomic mass is 35.5. The first-order chi connectivity index (χ1) is 7.24. The molecule has 0 atom stereocenters. The predicted molar refractivity (Wildman–Crippen MR) is 66.7 cm³/mol. The number of hydrogen-bond acceptors (Lipinski definition) is 2. The fourth-order valence-electron chi connectivity index (χ4n) is 1.26. The van der Waals surface area contributed by atoms with Crippen molar-refractivity contribution < 1.29 is 0 Å². The van der Waals surface area contributed by atoms with E-state index >= 15 is 0 Å². The van der Waals surface area contributed by atoms with Crippen molar-refractivity contribution in [2.75, 3.05) is 19.6 Å². The van der Waals surface area contributed by atoms with Gasteiger partial charge in [-0.05, 0) is 30.3 Å². The summed E-state index contributed by atoms with van der Waals surface area (Å²) < 4.78 is 0. The average Bonchev–Trinajstić information content (AvgIpc) is 2.23. The van der Waals surface area contributed by atoms with Crippen LogP contribution in [0.2, 0.25) is 10.0 Å². The Balaban J connectivity index is 2.33. The van der Waals surface area contributed by atoms with E-state index in [1.54, 1.807) is 6.07 Å². The number of benzene rings is 1. The summed E-state index contributed by atoms with van der Waals surface area (Å²) in [5.41, 5.74) is 1.04. The highest BCUT2D eigenvalue weighted by molar-refractivity contribution is 6.33. The molecule has 15 heavy (non-hydrogen) atoms. The van der Waals surface area contributed by atoms with Gasteiger partial charge < -0.3 is 10.6 Å². The maximum Gasteiger partial charge on any atom is 0.0451 e. The van der Waals surface area contributed by atoms with Gasteiger partial charge in [-0.25, -0.2) is 0 Å². The maximum atomic E-state index is 6.02. The molecule has 0 saturated carbocycles. The largest absolute Gasteiger partial charge is 0.316 e. The highest BCUT2D eigenvalue weighted by Gasteiger charge is 2.00. The van der Waals surface area contributed by atoms with Crippen LogP contribution in [0.3, 0.4) is 0 Å². The number of rotatable bonds is 6. The monoisotopic (exact) mass is 246 g/mol. The molecule has 0 fully saturated rings. The smallest absolute Gasteiger partial charge is 0.0451 e. The SMILES string of the molecule is CCNCCNCc1cc(Cl)ccc1Cl. The van der Waals surface area contributed by atoms with E-state index in [0.29, 0.717) is 0 Å². The lowest BCUT2D eigenvalue weighted by atomic mass is 10.2. The third-order valence-corrected chi connectivity index (χ3v) is 2.66. The molecule has 0 bridgehead atoms. The lowest BCUT2D eigenvalue weighted by molar-refractivity contribution is 0.625. The Morgan fingerprint density at radius 1 is 1.13 bits per heavy atom. The molecule has 0 spiro atoms.